The van der Waals surface area contributed by atoms with Gasteiger partial charge in [-0.3, -0.25) is 0 Å². The molecule has 3 heteroatoms. The van der Waals surface area contributed by atoms with Crippen LogP contribution in [0.25, 0.3) is 0 Å². The van der Waals surface area contributed by atoms with Crippen molar-refractivity contribution in [3.05, 3.63) is 18.2 Å². The van der Waals surface area contributed by atoms with Gasteiger partial charge in [-0.15, -0.1) is 0 Å². The normalized spacial score (nSPS) is 26.6. The second-order valence-corrected chi connectivity index (χ2v) is 5.27. The van der Waals surface area contributed by atoms with E-state index in [0.717, 1.165) is 5.92 Å². The molecule has 2 fully saturated rings. The Morgan fingerprint density at radius 1 is 1.25 bits per heavy atom. The fourth-order valence-electron chi connectivity index (χ4n) is 3.18. The number of aromatic nitrogens is 2. The Bertz CT molecular complexity index is 333. The summed E-state index contributed by atoms with van der Waals surface area (Å²) in [5.41, 5.74) is 1.41. The molecule has 0 spiro atoms. The smallest absolute Gasteiger partial charge is 0.0948 e. The molecule has 1 saturated carbocycles. The molecule has 16 heavy (non-hydrogen) atoms. The second-order valence-electron chi connectivity index (χ2n) is 5.27. The van der Waals surface area contributed by atoms with Gasteiger partial charge in [0.25, 0.3) is 0 Å². The summed E-state index contributed by atoms with van der Waals surface area (Å²) in [4.78, 5) is 4.33. The van der Waals surface area contributed by atoms with E-state index in [0.29, 0.717) is 6.04 Å². The molecule has 1 aliphatic carbocycles. The van der Waals surface area contributed by atoms with Crippen molar-refractivity contribution in [1.82, 2.24) is 14.9 Å². The number of nitrogens with zero attached hydrogens (tertiary/aromatic N) is 2. The third kappa shape index (κ3) is 2.01. The van der Waals surface area contributed by atoms with Crippen LogP contribution in [-0.4, -0.2) is 16.1 Å². The Kier molecular flexibility index (Phi) is 2.96. The first-order chi connectivity index (χ1) is 7.93. The minimum Gasteiger partial charge on any atom is -0.333 e. The van der Waals surface area contributed by atoms with Gasteiger partial charge in [-0.25, -0.2) is 4.98 Å². The van der Waals surface area contributed by atoms with E-state index >= 15 is 0 Å². The Morgan fingerprint density at radius 3 is 2.88 bits per heavy atom. The molecule has 1 atom stereocenters. The molecular weight excluding hydrogens is 198 g/mol. The Morgan fingerprint density at radius 2 is 2.12 bits per heavy atom. The first kappa shape index (κ1) is 10.3. The number of hydrogen-bond donors (Lipinski definition) is 1. The highest BCUT2D eigenvalue weighted by atomic mass is 15.1. The van der Waals surface area contributed by atoms with Crippen molar-refractivity contribution in [3.8, 4) is 0 Å². The van der Waals surface area contributed by atoms with Gasteiger partial charge in [-0.1, -0.05) is 12.8 Å². The summed E-state index contributed by atoms with van der Waals surface area (Å²) in [6.07, 6.45) is 12.3. The summed E-state index contributed by atoms with van der Waals surface area (Å²) < 4.78 is 2.39. The number of rotatable bonds is 3. The molecule has 0 radical (unpaired) electrons. The lowest BCUT2D eigenvalue weighted by Crippen LogP contribution is -2.18. The minimum atomic E-state index is 0.559. The number of nitrogens with one attached hydrogen (secondary N) is 1. The van der Waals surface area contributed by atoms with Crippen molar-refractivity contribution < 1.29 is 0 Å². The molecule has 2 aliphatic rings. The molecule has 0 aromatic carbocycles. The van der Waals surface area contributed by atoms with Gasteiger partial charge in [0.15, 0.2) is 0 Å². The second kappa shape index (κ2) is 4.58. The van der Waals surface area contributed by atoms with Gasteiger partial charge in [0.1, 0.15) is 0 Å². The van der Waals surface area contributed by atoms with E-state index in [1.807, 2.05) is 6.33 Å². The largest absolute Gasteiger partial charge is 0.333 e. The van der Waals surface area contributed by atoms with Crippen molar-refractivity contribution in [2.75, 3.05) is 6.54 Å². The molecule has 1 saturated heterocycles. The minimum absolute atomic E-state index is 0.559. The molecule has 1 aromatic rings. The monoisotopic (exact) mass is 219 g/mol. The molecule has 3 rings (SSSR count). The zero-order valence-corrected chi connectivity index (χ0v) is 9.86. The fraction of sp³-hybridized carbons (Fsp3) is 0.769. The van der Waals surface area contributed by atoms with Crippen molar-refractivity contribution in [3.63, 3.8) is 0 Å². The first-order valence-electron chi connectivity index (χ1n) is 6.67. The Labute approximate surface area is 97.3 Å². The molecule has 1 unspecified atom stereocenters. The summed E-state index contributed by atoms with van der Waals surface area (Å²) >= 11 is 0. The van der Waals surface area contributed by atoms with Crippen molar-refractivity contribution in [1.29, 1.82) is 0 Å². The van der Waals surface area contributed by atoms with E-state index < -0.39 is 0 Å². The first-order valence-corrected chi connectivity index (χ1v) is 6.67. The molecule has 0 amide bonds. The molecule has 1 aliphatic heterocycles. The molecule has 1 N–H and O–H groups in total. The van der Waals surface area contributed by atoms with Gasteiger partial charge in [0, 0.05) is 18.8 Å². The number of hydrogen-bond acceptors (Lipinski definition) is 2. The summed E-state index contributed by atoms with van der Waals surface area (Å²) in [6.45, 7) is 2.35. The van der Waals surface area contributed by atoms with Gasteiger partial charge >= 0.3 is 0 Å². The molecule has 1 aromatic heterocycles. The van der Waals surface area contributed by atoms with Crippen LogP contribution in [0.2, 0.25) is 0 Å². The summed E-state index contributed by atoms with van der Waals surface area (Å²) in [7, 11) is 0. The van der Waals surface area contributed by atoms with Crippen LogP contribution in [0.4, 0.5) is 0 Å². The van der Waals surface area contributed by atoms with E-state index in [2.05, 4.69) is 21.1 Å². The van der Waals surface area contributed by atoms with Crippen LogP contribution >= 0.6 is 0 Å². The Balaban J connectivity index is 1.71. The van der Waals surface area contributed by atoms with Gasteiger partial charge in [0.2, 0.25) is 0 Å². The SMILES string of the molecule is c1ncn(CC2CCCC2)c1C1CCCN1. The van der Waals surface area contributed by atoms with Gasteiger partial charge in [-0.05, 0) is 38.1 Å². The summed E-state index contributed by atoms with van der Waals surface area (Å²) in [5, 5.41) is 3.56. The molecule has 0 bridgehead atoms. The molecule has 2 heterocycles. The quantitative estimate of drug-likeness (QED) is 0.846. The van der Waals surface area contributed by atoms with Crippen molar-refractivity contribution in [2.45, 2.75) is 51.1 Å². The van der Waals surface area contributed by atoms with E-state index in [9.17, 15) is 0 Å². The lowest BCUT2D eigenvalue weighted by molar-refractivity contribution is 0.435. The Hall–Kier alpha value is -0.830. The van der Waals surface area contributed by atoms with E-state index in [4.69, 9.17) is 0 Å². The maximum absolute atomic E-state index is 4.33. The average molecular weight is 219 g/mol. The maximum Gasteiger partial charge on any atom is 0.0948 e. The zero-order valence-electron chi connectivity index (χ0n) is 9.86. The van der Waals surface area contributed by atoms with E-state index in [1.165, 1.54) is 57.3 Å². The van der Waals surface area contributed by atoms with Crippen LogP contribution in [0.15, 0.2) is 12.5 Å². The van der Waals surface area contributed by atoms with Crippen LogP contribution in [0.5, 0.6) is 0 Å². The standard InChI is InChI=1S/C13H21N3/c1-2-5-11(4-1)9-16-10-14-8-13(16)12-6-3-7-15-12/h8,10-12,15H,1-7,9H2. The highest BCUT2D eigenvalue weighted by molar-refractivity contribution is 5.07. The van der Waals surface area contributed by atoms with Crippen LogP contribution in [0.3, 0.4) is 0 Å². The zero-order chi connectivity index (χ0) is 10.8. The predicted octanol–water partition coefficient (Wildman–Crippen LogP) is 2.50. The average Bonchev–Trinajstić information content (AvgIpc) is 2.98. The summed E-state index contributed by atoms with van der Waals surface area (Å²) in [6, 6.07) is 0.559. The van der Waals surface area contributed by atoms with E-state index in [1.54, 1.807) is 0 Å². The summed E-state index contributed by atoms with van der Waals surface area (Å²) in [5.74, 6) is 0.898. The van der Waals surface area contributed by atoms with Gasteiger partial charge < -0.3 is 9.88 Å². The van der Waals surface area contributed by atoms with Crippen LogP contribution in [0, 0.1) is 5.92 Å². The van der Waals surface area contributed by atoms with Gasteiger partial charge in [0.05, 0.1) is 12.0 Å². The van der Waals surface area contributed by atoms with Crippen molar-refractivity contribution in [2.24, 2.45) is 5.92 Å². The lowest BCUT2D eigenvalue weighted by atomic mass is 10.1. The number of imidazole rings is 1. The van der Waals surface area contributed by atoms with Crippen LogP contribution < -0.4 is 5.32 Å². The van der Waals surface area contributed by atoms with Crippen LogP contribution in [0.1, 0.15) is 50.3 Å². The maximum atomic E-state index is 4.33. The third-order valence-corrected chi connectivity index (χ3v) is 4.09. The molecule has 3 nitrogen and oxygen atoms in total. The predicted molar refractivity (Wildman–Crippen MR) is 64.2 cm³/mol. The highest BCUT2D eigenvalue weighted by Crippen LogP contribution is 2.28. The fourth-order valence-corrected chi connectivity index (χ4v) is 3.18. The van der Waals surface area contributed by atoms with E-state index in [-0.39, 0.29) is 0 Å². The molecule has 88 valence electrons. The van der Waals surface area contributed by atoms with Crippen molar-refractivity contribution >= 4 is 0 Å². The lowest BCUT2D eigenvalue weighted by Gasteiger charge is -2.16. The van der Waals surface area contributed by atoms with Crippen LogP contribution in [-0.2, 0) is 6.54 Å². The van der Waals surface area contributed by atoms with Gasteiger partial charge in [-0.2, -0.15) is 0 Å². The molecular formula is C13H21N3. The topological polar surface area (TPSA) is 29.9 Å². The highest BCUT2D eigenvalue weighted by Gasteiger charge is 2.22. The third-order valence-electron chi connectivity index (χ3n) is 4.09.